The van der Waals surface area contributed by atoms with Crippen molar-refractivity contribution in [3.63, 3.8) is 0 Å². The summed E-state index contributed by atoms with van der Waals surface area (Å²) in [7, 11) is 0. The molecular formula is C14H26BrN3O. The maximum Gasteiger partial charge on any atom is 0.0767 e. The SMILES string of the molecule is CCc1nn(CC)c(CNCC(O)(CC)CC)c1Br. The van der Waals surface area contributed by atoms with Gasteiger partial charge in [0.05, 0.1) is 21.5 Å². The Balaban J connectivity index is 2.70. The lowest BCUT2D eigenvalue weighted by atomic mass is 9.98. The van der Waals surface area contributed by atoms with Gasteiger partial charge in [0.15, 0.2) is 0 Å². The molecule has 0 aliphatic carbocycles. The maximum atomic E-state index is 10.3. The fourth-order valence-corrected chi connectivity index (χ4v) is 2.80. The van der Waals surface area contributed by atoms with E-state index >= 15 is 0 Å². The van der Waals surface area contributed by atoms with E-state index in [-0.39, 0.29) is 0 Å². The monoisotopic (exact) mass is 331 g/mol. The molecule has 0 radical (unpaired) electrons. The summed E-state index contributed by atoms with van der Waals surface area (Å²) in [4.78, 5) is 0. The molecule has 0 aromatic carbocycles. The van der Waals surface area contributed by atoms with Crippen molar-refractivity contribution in [2.24, 2.45) is 0 Å². The lowest BCUT2D eigenvalue weighted by molar-refractivity contribution is 0.0321. The first-order valence-electron chi connectivity index (χ1n) is 7.18. The number of aliphatic hydroxyl groups is 1. The molecule has 1 aromatic rings. The summed E-state index contributed by atoms with van der Waals surface area (Å²) >= 11 is 3.63. The molecule has 4 nitrogen and oxygen atoms in total. The van der Waals surface area contributed by atoms with Crippen molar-refractivity contribution in [3.8, 4) is 0 Å². The van der Waals surface area contributed by atoms with Gasteiger partial charge in [0.2, 0.25) is 0 Å². The van der Waals surface area contributed by atoms with Gasteiger partial charge >= 0.3 is 0 Å². The van der Waals surface area contributed by atoms with E-state index < -0.39 is 5.60 Å². The number of rotatable bonds is 8. The number of nitrogens with one attached hydrogen (secondary N) is 1. The summed E-state index contributed by atoms with van der Waals surface area (Å²) in [6.45, 7) is 10.4. The fourth-order valence-electron chi connectivity index (χ4n) is 2.10. The zero-order chi connectivity index (χ0) is 14.5. The minimum Gasteiger partial charge on any atom is -0.389 e. The van der Waals surface area contributed by atoms with Crippen LogP contribution in [0.3, 0.4) is 0 Å². The highest BCUT2D eigenvalue weighted by atomic mass is 79.9. The highest BCUT2D eigenvalue weighted by Gasteiger charge is 2.22. The van der Waals surface area contributed by atoms with Crippen molar-refractivity contribution < 1.29 is 5.11 Å². The number of nitrogens with zero attached hydrogens (tertiary/aromatic N) is 2. The van der Waals surface area contributed by atoms with Crippen molar-refractivity contribution in [1.82, 2.24) is 15.1 Å². The van der Waals surface area contributed by atoms with Crippen molar-refractivity contribution in [3.05, 3.63) is 15.9 Å². The molecule has 0 amide bonds. The standard InChI is InChI=1S/C14H26BrN3O/c1-5-11-13(15)12(18(8-4)17-11)9-16-10-14(19,6-2)7-3/h16,19H,5-10H2,1-4H3. The van der Waals surface area contributed by atoms with Crippen LogP contribution in [0.5, 0.6) is 0 Å². The maximum absolute atomic E-state index is 10.3. The van der Waals surface area contributed by atoms with Gasteiger partial charge in [-0.05, 0) is 42.1 Å². The van der Waals surface area contributed by atoms with Gasteiger partial charge in [-0.25, -0.2) is 0 Å². The zero-order valence-electron chi connectivity index (χ0n) is 12.5. The Kier molecular flexibility index (Phi) is 6.50. The summed E-state index contributed by atoms with van der Waals surface area (Å²) in [5, 5.41) is 18.2. The Hall–Kier alpha value is -0.390. The summed E-state index contributed by atoms with van der Waals surface area (Å²) < 4.78 is 3.12. The smallest absolute Gasteiger partial charge is 0.0767 e. The molecule has 0 saturated carbocycles. The van der Waals surface area contributed by atoms with Crippen molar-refractivity contribution >= 4 is 15.9 Å². The van der Waals surface area contributed by atoms with Crippen molar-refractivity contribution in [2.75, 3.05) is 6.54 Å². The van der Waals surface area contributed by atoms with Gasteiger partial charge in [-0.3, -0.25) is 4.68 Å². The average molecular weight is 332 g/mol. The Labute approximate surface area is 124 Å². The van der Waals surface area contributed by atoms with Crippen LogP contribution in [-0.4, -0.2) is 27.0 Å². The molecule has 2 N–H and O–H groups in total. The number of aromatic nitrogens is 2. The topological polar surface area (TPSA) is 50.1 Å². The first-order valence-corrected chi connectivity index (χ1v) is 7.97. The molecule has 110 valence electrons. The zero-order valence-corrected chi connectivity index (χ0v) is 14.0. The molecular weight excluding hydrogens is 306 g/mol. The van der Waals surface area contributed by atoms with E-state index in [1.54, 1.807) is 0 Å². The van der Waals surface area contributed by atoms with E-state index in [1.165, 1.54) is 0 Å². The second-order valence-corrected chi connectivity index (χ2v) is 5.70. The summed E-state index contributed by atoms with van der Waals surface area (Å²) in [5.74, 6) is 0. The number of hydrogen-bond acceptors (Lipinski definition) is 3. The molecule has 0 spiro atoms. The molecule has 0 bridgehead atoms. The fraction of sp³-hybridized carbons (Fsp3) is 0.786. The van der Waals surface area contributed by atoms with Gasteiger partial charge in [0.1, 0.15) is 0 Å². The lowest BCUT2D eigenvalue weighted by Gasteiger charge is -2.25. The van der Waals surface area contributed by atoms with Crippen LogP contribution in [0, 0.1) is 0 Å². The number of hydrogen-bond donors (Lipinski definition) is 2. The number of halogens is 1. The second kappa shape index (κ2) is 7.41. The van der Waals surface area contributed by atoms with Gasteiger partial charge in [0.25, 0.3) is 0 Å². The average Bonchev–Trinajstić information content (AvgIpc) is 2.75. The van der Waals surface area contributed by atoms with Crippen LogP contribution in [0.15, 0.2) is 4.47 Å². The van der Waals surface area contributed by atoms with E-state index in [9.17, 15) is 5.11 Å². The predicted octanol–water partition coefficient (Wildman–Crippen LogP) is 2.87. The molecule has 1 rings (SSSR count). The van der Waals surface area contributed by atoms with E-state index in [4.69, 9.17) is 0 Å². The van der Waals surface area contributed by atoms with Crippen LogP contribution in [0.2, 0.25) is 0 Å². The minimum atomic E-state index is -0.600. The first kappa shape index (κ1) is 16.7. The lowest BCUT2D eigenvalue weighted by Crippen LogP contribution is -2.39. The van der Waals surface area contributed by atoms with Gasteiger partial charge in [0, 0.05) is 19.6 Å². The van der Waals surface area contributed by atoms with E-state index in [0.717, 1.165) is 48.2 Å². The highest BCUT2D eigenvalue weighted by Crippen LogP contribution is 2.22. The summed E-state index contributed by atoms with van der Waals surface area (Å²) in [6.07, 6.45) is 2.46. The van der Waals surface area contributed by atoms with Gasteiger partial charge in [-0.1, -0.05) is 20.8 Å². The third-order valence-corrected chi connectivity index (χ3v) is 4.67. The van der Waals surface area contributed by atoms with Crippen LogP contribution in [0.1, 0.15) is 51.9 Å². The van der Waals surface area contributed by atoms with Gasteiger partial charge in [-0.2, -0.15) is 5.10 Å². The van der Waals surface area contributed by atoms with Crippen LogP contribution < -0.4 is 5.32 Å². The van der Waals surface area contributed by atoms with Gasteiger partial charge in [-0.15, -0.1) is 0 Å². The van der Waals surface area contributed by atoms with E-state index in [2.05, 4.69) is 40.2 Å². The Morgan fingerprint density at radius 2 is 1.89 bits per heavy atom. The Morgan fingerprint density at radius 1 is 1.26 bits per heavy atom. The van der Waals surface area contributed by atoms with Crippen LogP contribution in [0.25, 0.3) is 0 Å². The van der Waals surface area contributed by atoms with Gasteiger partial charge < -0.3 is 10.4 Å². The quantitative estimate of drug-likeness (QED) is 0.770. The van der Waals surface area contributed by atoms with Crippen molar-refractivity contribution in [1.29, 1.82) is 0 Å². The molecule has 5 heteroatoms. The van der Waals surface area contributed by atoms with Crippen LogP contribution in [0.4, 0.5) is 0 Å². The van der Waals surface area contributed by atoms with Crippen LogP contribution in [-0.2, 0) is 19.5 Å². The normalized spacial score (nSPS) is 12.1. The van der Waals surface area contributed by atoms with E-state index in [1.807, 2.05) is 18.5 Å². The molecule has 0 fully saturated rings. The van der Waals surface area contributed by atoms with Crippen molar-refractivity contribution in [2.45, 2.75) is 65.6 Å². The summed E-state index contributed by atoms with van der Waals surface area (Å²) in [5.41, 5.74) is 1.66. The molecule has 0 saturated heterocycles. The second-order valence-electron chi connectivity index (χ2n) is 4.91. The Morgan fingerprint density at radius 3 is 2.37 bits per heavy atom. The van der Waals surface area contributed by atoms with E-state index in [0.29, 0.717) is 6.54 Å². The third-order valence-electron chi connectivity index (χ3n) is 3.76. The molecule has 1 heterocycles. The van der Waals surface area contributed by atoms with Crippen LogP contribution >= 0.6 is 15.9 Å². The Bertz CT molecular complexity index is 400. The molecule has 0 unspecified atom stereocenters. The predicted molar refractivity (Wildman–Crippen MR) is 82.2 cm³/mol. The summed E-state index contributed by atoms with van der Waals surface area (Å²) in [6, 6.07) is 0. The minimum absolute atomic E-state index is 0.600. The molecule has 0 atom stereocenters. The molecule has 0 aliphatic rings. The first-order chi connectivity index (χ1) is 9.01. The number of aryl methyl sites for hydroxylation is 2. The highest BCUT2D eigenvalue weighted by molar-refractivity contribution is 9.10. The molecule has 19 heavy (non-hydrogen) atoms. The third kappa shape index (κ3) is 4.04. The molecule has 0 aliphatic heterocycles. The largest absolute Gasteiger partial charge is 0.389 e. The molecule has 1 aromatic heterocycles.